The van der Waals surface area contributed by atoms with E-state index in [0.29, 0.717) is 5.92 Å². The van der Waals surface area contributed by atoms with Crippen molar-refractivity contribution in [2.24, 2.45) is 5.92 Å². The number of hydrogen-bond acceptors (Lipinski definition) is 3. The zero-order valence-electron chi connectivity index (χ0n) is 7.31. The van der Waals surface area contributed by atoms with Crippen molar-refractivity contribution < 1.29 is 9.53 Å². The van der Waals surface area contributed by atoms with Gasteiger partial charge in [0, 0.05) is 0 Å². The molecule has 2 atom stereocenters. The first-order valence-corrected chi connectivity index (χ1v) is 3.92. The number of methoxy groups -OCH3 is 1. The van der Waals surface area contributed by atoms with Crippen molar-refractivity contribution in [2.45, 2.75) is 25.8 Å². The van der Waals surface area contributed by atoms with Crippen LogP contribution in [0.3, 0.4) is 0 Å². The third-order valence-corrected chi connectivity index (χ3v) is 2.23. The molecule has 0 spiro atoms. The second kappa shape index (κ2) is 2.81. The Bertz CT molecular complexity index is 169. The smallest absolute Gasteiger partial charge is 0.325 e. The Morgan fingerprint density at radius 1 is 1.73 bits per heavy atom. The van der Waals surface area contributed by atoms with Gasteiger partial charge in [-0.1, -0.05) is 6.92 Å². The van der Waals surface area contributed by atoms with Gasteiger partial charge in [0.1, 0.15) is 5.54 Å². The lowest BCUT2D eigenvalue weighted by Crippen LogP contribution is -2.45. The molecule has 0 amide bonds. The van der Waals surface area contributed by atoms with E-state index in [1.54, 1.807) is 0 Å². The van der Waals surface area contributed by atoms with Gasteiger partial charge < -0.3 is 10.1 Å². The van der Waals surface area contributed by atoms with Gasteiger partial charge in [-0.15, -0.1) is 0 Å². The molecule has 1 heterocycles. The fourth-order valence-corrected chi connectivity index (χ4v) is 1.62. The van der Waals surface area contributed by atoms with Crippen LogP contribution in [-0.2, 0) is 9.53 Å². The molecule has 1 fully saturated rings. The number of rotatable bonds is 1. The van der Waals surface area contributed by atoms with Crippen LogP contribution in [0.5, 0.6) is 0 Å². The number of carbonyl (C=O) groups is 1. The second-order valence-corrected chi connectivity index (χ2v) is 3.51. The number of ether oxygens (including phenoxy) is 1. The molecule has 0 aromatic heterocycles. The lowest BCUT2D eigenvalue weighted by molar-refractivity contribution is -0.147. The zero-order valence-corrected chi connectivity index (χ0v) is 7.31. The van der Waals surface area contributed by atoms with E-state index >= 15 is 0 Å². The third-order valence-electron chi connectivity index (χ3n) is 2.23. The third kappa shape index (κ3) is 1.53. The molecule has 64 valence electrons. The van der Waals surface area contributed by atoms with Crippen LogP contribution in [0.4, 0.5) is 0 Å². The summed E-state index contributed by atoms with van der Waals surface area (Å²) in [5.41, 5.74) is -0.436. The Morgan fingerprint density at radius 2 is 2.36 bits per heavy atom. The molecule has 11 heavy (non-hydrogen) atoms. The van der Waals surface area contributed by atoms with Crippen molar-refractivity contribution in [1.29, 1.82) is 0 Å². The molecule has 3 heteroatoms. The molecule has 0 aromatic rings. The van der Waals surface area contributed by atoms with E-state index in [1.807, 2.05) is 6.92 Å². The van der Waals surface area contributed by atoms with Crippen molar-refractivity contribution >= 4 is 5.97 Å². The van der Waals surface area contributed by atoms with E-state index in [2.05, 4.69) is 17.0 Å². The van der Waals surface area contributed by atoms with Crippen LogP contribution in [0, 0.1) is 5.92 Å². The Kier molecular flexibility index (Phi) is 2.18. The van der Waals surface area contributed by atoms with E-state index in [4.69, 9.17) is 0 Å². The maximum atomic E-state index is 11.2. The van der Waals surface area contributed by atoms with E-state index in [-0.39, 0.29) is 5.97 Å². The summed E-state index contributed by atoms with van der Waals surface area (Å²) in [5.74, 6) is 0.418. The first-order valence-electron chi connectivity index (χ1n) is 3.92. The fourth-order valence-electron chi connectivity index (χ4n) is 1.62. The predicted octanol–water partition coefficient (Wildman–Crippen LogP) is 0.547. The monoisotopic (exact) mass is 157 g/mol. The molecule has 0 saturated carbocycles. The average molecular weight is 157 g/mol. The minimum Gasteiger partial charge on any atom is -0.468 e. The summed E-state index contributed by atoms with van der Waals surface area (Å²) in [6, 6.07) is 0. The van der Waals surface area contributed by atoms with Gasteiger partial charge in [-0.3, -0.25) is 4.79 Å². The average Bonchev–Trinajstić information content (AvgIpc) is 2.31. The molecule has 3 nitrogen and oxygen atoms in total. The molecule has 1 saturated heterocycles. The van der Waals surface area contributed by atoms with Crippen molar-refractivity contribution in [3.8, 4) is 0 Å². The maximum absolute atomic E-state index is 11.2. The molecule has 1 rings (SSSR count). The highest BCUT2D eigenvalue weighted by atomic mass is 16.5. The maximum Gasteiger partial charge on any atom is 0.325 e. The summed E-state index contributed by atoms with van der Waals surface area (Å²) in [7, 11) is 1.43. The van der Waals surface area contributed by atoms with Crippen LogP contribution < -0.4 is 5.32 Å². The Balaban J connectivity index is 2.61. The van der Waals surface area contributed by atoms with Gasteiger partial charge in [0.15, 0.2) is 0 Å². The fraction of sp³-hybridized carbons (Fsp3) is 0.875. The minimum atomic E-state index is -0.436. The number of hydrogen-bond donors (Lipinski definition) is 1. The Morgan fingerprint density at radius 3 is 2.73 bits per heavy atom. The van der Waals surface area contributed by atoms with Crippen LogP contribution in [0.15, 0.2) is 0 Å². The zero-order chi connectivity index (χ0) is 8.48. The van der Waals surface area contributed by atoms with Crippen LogP contribution in [0.1, 0.15) is 20.3 Å². The van der Waals surface area contributed by atoms with Gasteiger partial charge in [0.25, 0.3) is 0 Å². The molecule has 1 aliphatic rings. The molecular weight excluding hydrogens is 142 g/mol. The molecule has 1 N–H and O–H groups in total. The highest BCUT2D eigenvalue weighted by Crippen LogP contribution is 2.24. The van der Waals surface area contributed by atoms with E-state index in [0.717, 1.165) is 13.0 Å². The van der Waals surface area contributed by atoms with E-state index < -0.39 is 5.54 Å². The van der Waals surface area contributed by atoms with Crippen LogP contribution in [-0.4, -0.2) is 25.2 Å². The normalized spacial score (nSPS) is 37.2. The number of nitrogens with one attached hydrogen (secondary N) is 1. The SMILES string of the molecule is COC(=O)C1(C)CC(C)CN1. The highest BCUT2D eigenvalue weighted by Gasteiger charge is 2.40. The van der Waals surface area contributed by atoms with Crippen LogP contribution in [0.2, 0.25) is 0 Å². The summed E-state index contributed by atoms with van der Waals surface area (Å²) >= 11 is 0. The first-order chi connectivity index (χ1) is 5.08. The molecule has 0 radical (unpaired) electrons. The predicted molar refractivity (Wildman–Crippen MR) is 42.2 cm³/mol. The summed E-state index contributed by atoms with van der Waals surface area (Å²) in [5, 5.41) is 3.16. The van der Waals surface area contributed by atoms with Gasteiger partial charge in [-0.05, 0) is 25.8 Å². The van der Waals surface area contributed by atoms with Gasteiger partial charge in [0.2, 0.25) is 0 Å². The van der Waals surface area contributed by atoms with Crippen LogP contribution >= 0.6 is 0 Å². The first kappa shape index (κ1) is 8.53. The summed E-state index contributed by atoms with van der Waals surface area (Å²) in [6.07, 6.45) is 0.875. The Hall–Kier alpha value is -0.570. The van der Waals surface area contributed by atoms with Crippen LogP contribution in [0.25, 0.3) is 0 Å². The van der Waals surface area contributed by atoms with Gasteiger partial charge >= 0.3 is 5.97 Å². The minimum absolute atomic E-state index is 0.151. The number of esters is 1. The molecule has 0 aromatic carbocycles. The summed E-state index contributed by atoms with van der Waals surface area (Å²) < 4.78 is 4.68. The van der Waals surface area contributed by atoms with Gasteiger partial charge in [0.05, 0.1) is 7.11 Å². The second-order valence-electron chi connectivity index (χ2n) is 3.51. The molecule has 0 bridgehead atoms. The lowest BCUT2D eigenvalue weighted by atomic mass is 9.96. The van der Waals surface area contributed by atoms with E-state index in [9.17, 15) is 4.79 Å². The quantitative estimate of drug-likeness (QED) is 0.565. The number of carbonyl (C=O) groups excluding carboxylic acids is 1. The molecular formula is C8H15NO2. The van der Waals surface area contributed by atoms with E-state index in [1.165, 1.54) is 7.11 Å². The topological polar surface area (TPSA) is 38.3 Å². The summed E-state index contributed by atoms with van der Waals surface area (Å²) in [6.45, 7) is 4.93. The molecule has 1 aliphatic heterocycles. The molecule has 0 aliphatic carbocycles. The lowest BCUT2D eigenvalue weighted by Gasteiger charge is -2.20. The van der Waals surface area contributed by atoms with Gasteiger partial charge in [-0.25, -0.2) is 0 Å². The highest BCUT2D eigenvalue weighted by molar-refractivity contribution is 5.80. The standard InChI is InChI=1S/C8H15NO2/c1-6-4-8(2,9-5-6)7(10)11-3/h6,9H,4-5H2,1-3H3. The van der Waals surface area contributed by atoms with Crippen molar-refractivity contribution in [3.05, 3.63) is 0 Å². The molecule has 2 unspecified atom stereocenters. The Labute approximate surface area is 67.1 Å². The largest absolute Gasteiger partial charge is 0.468 e. The van der Waals surface area contributed by atoms with Crippen molar-refractivity contribution in [1.82, 2.24) is 5.32 Å². The van der Waals surface area contributed by atoms with Crippen molar-refractivity contribution in [2.75, 3.05) is 13.7 Å². The van der Waals surface area contributed by atoms with Crippen molar-refractivity contribution in [3.63, 3.8) is 0 Å². The van der Waals surface area contributed by atoms with Gasteiger partial charge in [-0.2, -0.15) is 0 Å². The summed E-state index contributed by atoms with van der Waals surface area (Å²) in [4.78, 5) is 11.2.